The molecule has 0 aliphatic rings. The van der Waals surface area contributed by atoms with Crippen LogP contribution in [-0.2, 0) is 6.42 Å². The highest BCUT2D eigenvalue weighted by atomic mass is 35.5. The van der Waals surface area contributed by atoms with Gasteiger partial charge in [0.2, 0.25) is 0 Å². The van der Waals surface area contributed by atoms with E-state index in [1.54, 1.807) is 0 Å². The standard InChI is InChI=1S/C15H17Cl2NS/c1-3-4-10-5-7-11(8-6-10)14(18-2)12-9-13(16)19-15(12)17/h5-9,14,18H,3-4H2,1-2H3. The quantitative estimate of drug-likeness (QED) is 0.788. The van der Waals surface area contributed by atoms with Crippen molar-refractivity contribution in [2.45, 2.75) is 25.8 Å². The van der Waals surface area contributed by atoms with Crippen LogP contribution in [0, 0.1) is 0 Å². The highest BCUT2D eigenvalue weighted by molar-refractivity contribution is 7.20. The van der Waals surface area contributed by atoms with E-state index in [9.17, 15) is 0 Å². The van der Waals surface area contributed by atoms with E-state index in [4.69, 9.17) is 23.2 Å². The summed E-state index contributed by atoms with van der Waals surface area (Å²) in [4.78, 5) is 0. The number of halogens is 2. The number of hydrogen-bond donors (Lipinski definition) is 1. The molecule has 1 unspecified atom stereocenters. The normalized spacial score (nSPS) is 12.6. The Bertz CT molecular complexity index is 534. The third kappa shape index (κ3) is 3.51. The Balaban J connectivity index is 2.29. The second-order valence-corrected chi connectivity index (χ2v) is 6.78. The molecular weight excluding hydrogens is 297 g/mol. The summed E-state index contributed by atoms with van der Waals surface area (Å²) < 4.78 is 1.48. The smallest absolute Gasteiger partial charge is 0.0995 e. The minimum atomic E-state index is 0.0897. The lowest BCUT2D eigenvalue weighted by Gasteiger charge is -2.16. The Kier molecular flexibility index (Phi) is 5.28. The van der Waals surface area contributed by atoms with Crippen molar-refractivity contribution in [3.8, 4) is 0 Å². The number of thiophene rings is 1. The van der Waals surface area contributed by atoms with Gasteiger partial charge in [0.05, 0.1) is 14.7 Å². The first-order valence-electron chi connectivity index (χ1n) is 6.36. The van der Waals surface area contributed by atoms with Gasteiger partial charge in [0.1, 0.15) is 0 Å². The molecule has 19 heavy (non-hydrogen) atoms. The molecule has 0 spiro atoms. The van der Waals surface area contributed by atoms with E-state index in [1.807, 2.05) is 13.1 Å². The molecule has 1 nitrogen and oxygen atoms in total. The molecule has 1 heterocycles. The van der Waals surface area contributed by atoms with Gasteiger partial charge in [0.15, 0.2) is 0 Å². The average molecular weight is 314 g/mol. The van der Waals surface area contributed by atoms with Crippen LogP contribution in [0.3, 0.4) is 0 Å². The largest absolute Gasteiger partial charge is 0.309 e. The number of rotatable bonds is 5. The van der Waals surface area contributed by atoms with Gasteiger partial charge < -0.3 is 5.32 Å². The van der Waals surface area contributed by atoms with Crippen LogP contribution in [0.2, 0.25) is 8.67 Å². The van der Waals surface area contributed by atoms with Crippen LogP contribution in [0.4, 0.5) is 0 Å². The molecule has 0 amide bonds. The fraction of sp³-hybridized carbons (Fsp3) is 0.333. The monoisotopic (exact) mass is 313 g/mol. The summed E-state index contributed by atoms with van der Waals surface area (Å²) >= 11 is 13.7. The molecule has 1 N–H and O–H groups in total. The summed E-state index contributed by atoms with van der Waals surface area (Å²) in [6, 6.07) is 10.7. The zero-order valence-electron chi connectivity index (χ0n) is 11.0. The molecule has 0 saturated carbocycles. The van der Waals surface area contributed by atoms with Crippen molar-refractivity contribution in [2.24, 2.45) is 0 Å². The number of nitrogens with one attached hydrogen (secondary N) is 1. The molecule has 1 aromatic heterocycles. The highest BCUT2D eigenvalue weighted by Crippen LogP contribution is 2.37. The van der Waals surface area contributed by atoms with Crippen LogP contribution < -0.4 is 5.32 Å². The summed E-state index contributed by atoms with van der Waals surface area (Å²) in [5, 5.41) is 3.30. The van der Waals surface area contributed by atoms with Crippen molar-refractivity contribution < 1.29 is 0 Å². The first kappa shape index (κ1) is 14.9. The molecule has 0 aliphatic carbocycles. The van der Waals surface area contributed by atoms with Gasteiger partial charge in [-0.3, -0.25) is 0 Å². The van der Waals surface area contributed by atoms with Gasteiger partial charge >= 0.3 is 0 Å². The average Bonchev–Trinajstić information content (AvgIpc) is 2.72. The van der Waals surface area contributed by atoms with Crippen LogP contribution in [-0.4, -0.2) is 7.05 Å². The summed E-state index contributed by atoms with van der Waals surface area (Å²) in [5.41, 5.74) is 3.62. The van der Waals surface area contributed by atoms with E-state index in [1.165, 1.54) is 28.9 Å². The summed E-state index contributed by atoms with van der Waals surface area (Å²) in [5.74, 6) is 0. The van der Waals surface area contributed by atoms with E-state index in [-0.39, 0.29) is 6.04 Å². The maximum absolute atomic E-state index is 6.24. The third-order valence-corrected chi connectivity index (χ3v) is 4.65. The van der Waals surface area contributed by atoms with E-state index < -0.39 is 0 Å². The molecule has 4 heteroatoms. The molecule has 1 atom stereocenters. The Morgan fingerprint density at radius 2 is 1.89 bits per heavy atom. The highest BCUT2D eigenvalue weighted by Gasteiger charge is 2.17. The van der Waals surface area contributed by atoms with E-state index >= 15 is 0 Å². The van der Waals surface area contributed by atoms with E-state index in [0.29, 0.717) is 0 Å². The fourth-order valence-corrected chi connectivity index (χ4v) is 3.75. The molecule has 0 fully saturated rings. The Morgan fingerprint density at radius 3 is 2.37 bits per heavy atom. The van der Waals surface area contributed by atoms with Crippen molar-refractivity contribution in [2.75, 3.05) is 7.05 Å². The molecule has 0 bridgehead atoms. The number of benzene rings is 1. The van der Waals surface area contributed by atoms with Crippen molar-refractivity contribution in [1.82, 2.24) is 5.32 Å². The number of aryl methyl sites for hydroxylation is 1. The molecule has 2 aromatic rings. The van der Waals surface area contributed by atoms with Crippen molar-refractivity contribution >= 4 is 34.5 Å². The van der Waals surface area contributed by atoms with Crippen LogP contribution in [0.25, 0.3) is 0 Å². The maximum atomic E-state index is 6.24. The minimum Gasteiger partial charge on any atom is -0.309 e. The lowest BCUT2D eigenvalue weighted by Crippen LogP contribution is -2.17. The molecule has 102 valence electrons. The summed E-state index contributed by atoms with van der Waals surface area (Å²) in [6.07, 6.45) is 2.29. The third-order valence-electron chi connectivity index (χ3n) is 3.13. The first-order chi connectivity index (χ1) is 9.15. The van der Waals surface area contributed by atoms with Crippen LogP contribution in [0.5, 0.6) is 0 Å². The van der Waals surface area contributed by atoms with Gasteiger partial charge in [-0.2, -0.15) is 0 Å². The second kappa shape index (κ2) is 6.76. The molecular formula is C15H17Cl2NS. The van der Waals surface area contributed by atoms with Gasteiger partial charge in [-0.1, -0.05) is 60.8 Å². The zero-order chi connectivity index (χ0) is 13.8. The van der Waals surface area contributed by atoms with Crippen molar-refractivity contribution in [3.63, 3.8) is 0 Å². The van der Waals surface area contributed by atoms with Crippen LogP contribution in [0.15, 0.2) is 30.3 Å². The molecule has 0 saturated heterocycles. The van der Waals surface area contributed by atoms with Crippen LogP contribution in [0.1, 0.15) is 36.1 Å². The van der Waals surface area contributed by atoms with Crippen molar-refractivity contribution in [1.29, 1.82) is 0 Å². The van der Waals surface area contributed by atoms with E-state index in [2.05, 4.69) is 36.5 Å². The SMILES string of the molecule is CCCc1ccc(C(NC)c2cc(Cl)sc2Cl)cc1. The molecule has 0 radical (unpaired) electrons. The van der Waals surface area contributed by atoms with Crippen LogP contribution >= 0.6 is 34.5 Å². The second-order valence-electron chi connectivity index (χ2n) is 4.49. The predicted molar refractivity (Wildman–Crippen MR) is 85.7 cm³/mol. The Morgan fingerprint density at radius 1 is 1.21 bits per heavy atom. The van der Waals surface area contributed by atoms with E-state index in [0.717, 1.165) is 20.7 Å². The Hall–Kier alpha value is -0.540. The van der Waals surface area contributed by atoms with Gasteiger partial charge in [0, 0.05) is 5.56 Å². The molecule has 0 aliphatic heterocycles. The van der Waals surface area contributed by atoms with Gasteiger partial charge in [-0.05, 0) is 30.7 Å². The zero-order valence-corrected chi connectivity index (χ0v) is 13.4. The van der Waals surface area contributed by atoms with Crippen molar-refractivity contribution in [3.05, 3.63) is 55.7 Å². The predicted octanol–water partition coefficient (Wildman–Crippen LogP) is 5.32. The fourth-order valence-electron chi connectivity index (χ4n) is 2.22. The topological polar surface area (TPSA) is 12.0 Å². The first-order valence-corrected chi connectivity index (χ1v) is 7.93. The number of hydrogen-bond acceptors (Lipinski definition) is 2. The molecule has 2 rings (SSSR count). The summed E-state index contributed by atoms with van der Waals surface area (Å²) in [6.45, 7) is 2.19. The summed E-state index contributed by atoms with van der Waals surface area (Å²) in [7, 11) is 1.94. The van der Waals surface area contributed by atoms with Gasteiger partial charge in [-0.15, -0.1) is 11.3 Å². The lowest BCUT2D eigenvalue weighted by atomic mass is 9.99. The van der Waals surface area contributed by atoms with Gasteiger partial charge in [0.25, 0.3) is 0 Å². The lowest BCUT2D eigenvalue weighted by molar-refractivity contribution is 0.694. The Labute approximate surface area is 128 Å². The maximum Gasteiger partial charge on any atom is 0.0995 e. The minimum absolute atomic E-state index is 0.0897. The van der Waals surface area contributed by atoms with Gasteiger partial charge in [-0.25, -0.2) is 0 Å². The molecule has 1 aromatic carbocycles.